The van der Waals surface area contributed by atoms with Crippen LogP contribution in [0.15, 0.2) is 42.6 Å². The molecule has 1 N–H and O–H groups in total. The second kappa shape index (κ2) is 3.92. The topological polar surface area (TPSA) is 46.5 Å². The van der Waals surface area contributed by atoms with Gasteiger partial charge in [-0.25, -0.2) is 0 Å². The molecule has 2 aromatic heterocycles. The van der Waals surface area contributed by atoms with Crippen LogP contribution < -0.4 is 0 Å². The van der Waals surface area contributed by atoms with Crippen LogP contribution >= 0.6 is 31.9 Å². The molecule has 0 saturated carbocycles. The van der Waals surface area contributed by atoms with Crippen molar-refractivity contribution in [3.8, 4) is 0 Å². The zero-order valence-corrected chi connectivity index (χ0v) is 10.1. The fourth-order valence-electron chi connectivity index (χ4n) is 1.12. The summed E-state index contributed by atoms with van der Waals surface area (Å²) in [6.45, 7) is 0. The SMILES string of the molecule is OC(c1coc(Br)c1)c1occc1Br. The van der Waals surface area contributed by atoms with Gasteiger partial charge < -0.3 is 13.9 Å². The van der Waals surface area contributed by atoms with Crippen LogP contribution in [0.3, 0.4) is 0 Å². The Labute approximate surface area is 97.0 Å². The highest BCUT2D eigenvalue weighted by Gasteiger charge is 2.18. The van der Waals surface area contributed by atoms with Crippen LogP contribution in [-0.4, -0.2) is 5.11 Å². The summed E-state index contributed by atoms with van der Waals surface area (Å²) >= 11 is 6.44. The third-order valence-corrected chi connectivity index (χ3v) is 2.87. The highest BCUT2D eigenvalue weighted by atomic mass is 79.9. The van der Waals surface area contributed by atoms with Gasteiger partial charge in [0.05, 0.1) is 17.0 Å². The number of aliphatic hydroxyl groups excluding tert-OH is 1. The van der Waals surface area contributed by atoms with Crippen LogP contribution in [-0.2, 0) is 0 Å². The molecular formula is C9H6Br2O3. The Bertz CT molecular complexity index is 433. The molecule has 0 aromatic carbocycles. The number of aliphatic hydroxyl groups is 1. The van der Waals surface area contributed by atoms with E-state index in [1.54, 1.807) is 12.1 Å². The average molecular weight is 322 g/mol. The lowest BCUT2D eigenvalue weighted by molar-refractivity contribution is 0.187. The Hall–Kier alpha value is -0.520. The van der Waals surface area contributed by atoms with Crippen molar-refractivity contribution in [2.45, 2.75) is 6.10 Å². The smallest absolute Gasteiger partial charge is 0.169 e. The first-order chi connectivity index (χ1) is 6.68. The van der Waals surface area contributed by atoms with Crippen molar-refractivity contribution in [3.63, 3.8) is 0 Å². The van der Waals surface area contributed by atoms with Gasteiger partial charge in [-0.05, 0) is 44.0 Å². The first kappa shape index (κ1) is 10.0. The molecule has 5 heteroatoms. The molecule has 0 aliphatic rings. The molecule has 0 spiro atoms. The van der Waals surface area contributed by atoms with Gasteiger partial charge in [-0.3, -0.25) is 0 Å². The molecule has 1 atom stereocenters. The molecular weight excluding hydrogens is 316 g/mol. The highest BCUT2D eigenvalue weighted by Crippen LogP contribution is 2.31. The Balaban J connectivity index is 2.33. The van der Waals surface area contributed by atoms with Crippen molar-refractivity contribution in [1.29, 1.82) is 0 Å². The minimum atomic E-state index is -0.811. The predicted molar refractivity (Wildman–Crippen MR) is 56.9 cm³/mol. The van der Waals surface area contributed by atoms with Crippen LogP contribution in [0, 0.1) is 0 Å². The molecule has 2 aromatic rings. The monoisotopic (exact) mass is 320 g/mol. The lowest BCUT2D eigenvalue weighted by Crippen LogP contribution is -1.96. The molecule has 0 amide bonds. The third-order valence-electron chi connectivity index (χ3n) is 1.80. The second-order valence-electron chi connectivity index (χ2n) is 2.72. The number of hydrogen-bond acceptors (Lipinski definition) is 3. The van der Waals surface area contributed by atoms with Crippen LogP contribution in [0.25, 0.3) is 0 Å². The summed E-state index contributed by atoms with van der Waals surface area (Å²) in [6, 6.07) is 3.42. The molecule has 1 unspecified atom stereocenters. The first-order valence-corrected chi connectivity index (χ1v) is 5.42. The number of rotatable bonds is 2. The van der Waals surface area contributed by atoms with E-state index in [1.807, 2.05) is 0 Å². The van der Waals surface area contributed by atoms with E-state index < -0.39 is 6.10 Å². The summed E-state index contributed by atoms with van der Waals surface area (Å²) in [6.07, 6.45) is 2.18. The van der Waals surface area contributed by atoms with Crippen molar-refractivity contribution >= 4 is 31.9 Å². The largest absolute Gasteiger partial charge is 0.465 e. The summed E-state index contributed by atoms with van der Waals surface area (Å²) < 4.78 is 11.5. The standard InChI is InChI=1S/C9H6Br2O3/c10-6-1-2-13-9(6)8(12)5-3-7(11)14-4-5/h1-4,8,12H. The maximum absolute atomic E-state index is 9.87. The molecule has 0 aliphatic heterocycles. The summed E-state index contributed by atoms with van der Waals surface area (Å²) in [4.78, 5) is 0. The normalized spacial score (nSPS) is 13.1. The number of hydrogen-bond donors (Lipinski definition) is 1. The molecule has 14 heavy (non-hydrogen) atoms. The van der Waals surface area contributed by atoms with Crippen LogP contribution in [0.4, 0.5) is 0 Å². The van der Waals surface area contributed by atoms with Gasteiger partial charge in [0, 0.05) is 5.56 Å². The van der Waals surface area contributed by atoms with Gasteiger partial charge in [0.2, 0.25) is 0 Å². The minimum Gasteiger partial charge on any atom is -0.465 e. The highest BCUT2D eigenvalue weighted by molar-refractivity contribution is 9.10. The Kier molecular flexibility index (Phi) is 2.80. The molecule has 0 saturated heterocycles. The Morgan fingerprint density at radius 3 is 2.57 bits per heavy atom. The van der Waals surface area contributed by atoms with E-state index in [9.17, 15) is 5.11 Å². The molecule has 0 bridgehead atoms. The van der Waals surface area contributed by atoms with E-state index in [2.05, 4.69) is 31.9 Å². The van der Waals surface area contributed by atoms with Crippen molar-refractivity contribution in [2.75, 3.05) is 0 Å². The van der Waals surface area contributed by atoms with E-state index in [0.29, 0.717) is 16.0 Å². The molecule has 3 nitrogen and oxygen atoms in total. The maximum atomic E-state index is 9.87. The van der Waals surface area contributed by atoms with Crippen molar-refractivity contribution in [3.05, 3.63) is 45.1 Å². The molecule has 74 valence electrons. The van der Waals surface area contributed by atoms with Gasteiger partial charge in [-0.15, -0.1) is 0 Å². The summed E-state index contributed by atoms with van der Waals surface area (Å²) in [5.74, 6) is 0.471. The van der Waals surface area contributed by atoms with Gasteiger partial charge >= 0.3 is 0 Å². The minimum absolute atomic E-state index is 0.471. The number of halogens is 2. The second-order valence-corrected chi connectivity index (χ2v) is 4.36. The van der Waals surface area contributed by atoms with Crippen molar-refractivity contribution < 1.29 is 13.9 Å². The van der Waals surface area contributed by atoms with Crippen molar-refractivity contribution in [2.24, 2.45) is 0 Å². The number of furan rings is 2. The molecule has 2 rings (SSSR count). The summed E-state index contributed by atoms with van der Waals surface area (Å²) in [7, 11) is 0. The van der Waals surface area contributed by atoms with Gasteiger partial charge in [0.15, 0.2) is 10.4 Å². The van der Waals surface area contributed by atoms with E-state index in [-0.39, 0.29) is 0 Å². The first-order valence-electron chi connectivity index (χ1n) is 3.83. The molecule has 0 aliphatic carbocycles. The average Bonchev–Trinajstić information content (AvgIpc) is 2.73. The lowest BCUT2D eigenvalue weighted by Gasteiger charge is -2.04. The van der Waals surface area contributed by atoms with E-state index in [1.165, 1.54) is 12.5 Å². The van der Waals surface area contributed by atoms with Crippen LogP contribution in [0.1, 0.15) is 17.4 Å². The quantitative estimate of drug-likeness (QED) is 0.921. The van der Waals surface area contributed by atoms with Crippen molar-refractivity contribution in [1.82, 2.24) is 0 Å². The predicted octanol–water partition coefficient (Wildman–Crippen LogP) is 3.48. The van der Waals surface area contributed by atoms with Gasteiger partial charge in [0.25, 0.3) is 0 Å². The van der Waals surface area contributed by atoms with Crippen LogP contribution in [0.5, 0.6) is 0 Å². The Morgan fingerprint density at radius 2 is 2.07 bits per heavy atom. The van der Waals surface area contributed by atoms with Gasteiger partial charge in [-0.2, -0.15) is 0 Å². The lowest BCUT2D eigenvalue weighted by atomic mass is 10.1. The fourth-order valence-corrected chi connectivity index (χ4v) is 1.89. The van der Waals surface area contributed by atoms with Gasteiger partial charge in [-0.1, -0.05) is 0 Å². The maximum Gasteiger partial charge on any atom is 0.169 e. The van der Waals surface area contributed by atoms with E-state index in [0.717, 1.165) is 4.47 Å². The Morgan fingerprint density at radius 1 is 1.29 bits per heavy atom. The van der Waals surface area contributed by atoms with Gasteiger partial charge in [0.1, 0.15) is 6.10 Å². The zero-order valence-electron chi connectivity index (χ0n) is 6.91. The van der Waals surface area contributed by atoms with E-state index >= 15 is 0 Å². The van der Waals surface area contributed by atoms with Crippen LogP contribution in [0.2, 0.25) is 0 Å². The third kappa shape index (κ3) is 1.80. The molecule has 2 heterocycles. The summed E-state index contributed by atoms with van der Waals surface area (Å²) in [5.41, 5.74) is 0.646. The molecule has 0 fully saturated rings. The summed E-state index contributed by atoms with van der Waals surface area (Å²) in [5, 5.41) is 9.87. The van der Waals surface area contributed by atoms with E-state index in [4.69, 9.17) is 8.83 Å². The fraction of sp³-hybridized carbons (Fsp3) is 0.111. The zero-order chi connectivity index (χ0) is 10.1. The molecule has 0 radical (unpaired) electrons.